The van der Waals surface area contributed by atoms with Crippen LogP contribution in [0.5, 0.6) is 0 Å². The van der Waals surface area contributed by atoms with Crippen LogP contribution in [0.4, 0.5) is 0 Å². The number of hydrogen-bond acceptors (Lipinski definition) is 3. The highest BCUT2D eigenvalue weighted by molar-refractivity contribution is 7.12. The summed E-state index contributed by atoms with van der Waals surface area (Å²) in [5, 5.41) is 7.15. The number of hydrogen-bond donors (Lipinski definition) is 1. The molecular weight excluding hydrogens is 306 g/mol. The van der Waals surface area contributed by atoms with Crippen LogP contribution in [0, 0.1) is 0 Å². The molecule has 1 heterocycles. The van der Waals surface area contributed by atoms with E-state index in [0.29, 0.717) is 17.8 Å². The first-order valence-corrected chi connectivity index (χ1v) is 8.33. The lowest BCUT2D eigenvalue weighted by molar-refractivity contribution is -0.120. The van der Waals surface area contributed by atoms with Gasteiger partial charge in [-0.25, -0.2) is 0 Å². The number of ketones is 1. The Labute approximate surface area is 139 Å². The third-order valence-corrected chi connectivity index (χ3v) is 4.80. The number of carbonyl (C=O) groups is 2. The third-order valence-electron chi connectivity index (χ3n) is 3.72. The number of thiophene rings is 1. The lowest BCUT2D eigenvalue weighted by Gasteiger charge is -2.08. The highest BCUT2D eigenvalue weighted by Crippen LogP contribution is 2.19. The maximum Gasteiger partial charge on any atom is 0.224 e. The summed E-state index contributed by atoms with van der Waals surface area (Å²) in [5.41, 5.74) is 1.99. The van der Waals surface area contributed by atoms with Gasteiger partial charge in [-0.3, -0.25) is 9.59 Å². The third kappa shape index (κ3) is 3.66. The van der Waals surface area contributed by atoms with Crippen LogP contribution < -0.4 is 5.32 Å². The van der Waals surface area contributed by atoms with E-state index in [0.717, 1.165) is 16.5 Å². The van der Waals surface area contributed by atoms with Gasteiger partial charge in [-0.2, -0.15) is 0 Å². The lowest BCUT2D eigenvalue weighted by atomic mass is 10.0. The van der Waals surface area contributed by atoms with Gasteiger partial charge in [-0.05, 0) is 40.3 Å². The highest BCUT2D eigenvalue weighted by Gasteiger charge is 2.09. The van der Waals surface area contributed by atoms with Crippen molar-refractivity contribution < 1.29 is 9.59 Å². The minimum Gasteiger partial charge on any atom is -0.352 e. The van der Waals surface area contributed by atoms with Crippen LogP contribution in [0.15, 0.2) is 53.9 Å². The van der Waals surface area contributed by atoms with Crippen molar-refractivity contribution >= 4 is 33.8 Å². The molecule has 3 aromatic rings. The molecule has 1 aromatic heterocycles. The minimum absolute atomic E-state index is 0.0363. The molecular formula is C19H17NO2S. The van der Waals surface area contributed by atoms with Crippen molar-refractivity contribution in [2.45, 2.75) is 19.9 Å². The van der Waals surface area contributed by atoms with Gasteiger partial charge >= 0.3 is 0 Å². The molecule has 3 rings (SSSR count). The zero-order chi connectivity index (χ0) is 16.2. The van der Waals surface area contributed by atoms with Crippen molar-refractivity contribution in [2.24, 2.45) is 0 Å². The van der Waals surface area contributed by atoms with Crippen LogP contribution in [0.1, 0.15) is 27.7 Å². The Hall–Kier alpha value is -2.46. The van der Waals surface area contributed by atoms with Crippen molar-refractivity contribution in [3.63, 3.8) is 0 Å². The Morgan fingerprint density at radius 1 is 1.09 bits per heavy atom. The summed E-state index contributed by atoms with van der Waals surface area (Å²) in [6, 6.07) is 16.0. The molecule has 1 amide bonds. The van der Waals surface area contributed by atoms with E-state index in [4.69, 9.17) is 0 Å². The van der Waals surface area contributed by atoms with Gasteiger partial charge in [0.05, 0.1) is 11.3 Å². The van der Waals surface area contributed by atoms with E-state index >= 15 is 0 Å². The van der Waals surface area contributed by atoms with Gasteiger partial charge in [-0.1, -0.05) is 42.5 Å². The average molecular weight is 323 g/mol. The van der Waals surface area contributed by atoms with E-state index in [1.54, 1.807) is 6.07 Å². The lowest BCUT2D eigenvalue weighted by Crippen LogP contribution is -2.24. The first-order valence-electron chi connectivity index (χ1n) is 7.45. The van der Waals surface area contributed by atoms with E-state index in [1.165, 1.54) is 23.6 Å². The van der Waals surface area contributed by atoms with Crippen LogP contribution in [0.2, 0.25) is 0 Å². The minimum atomic E-state index is -0.0363. The second kappa shape index (κ2) is 6.75. The smallest absolute Gasteiger partial charge is 0.224 e. The summed E-state index contributed by atoms with van der Waals surface area (Å²) in [4.78, 5) is 24.1. The molecule has 0 saturated heterocycles. The van der Waals surface area contributed by atoms with Crippen LogP contribution in [-0.4, -0.2) is 11.7 Å². The molecule has 4 heteroatoms. The van der Waals surface area contributed by atoms with Gasteiger partial charge in [0.15, 0.2) is 5.78 Å². The Morgan fingerprint density at radius 3 is 2.65 bits per heavy atom. The first-order chi connectivity index (χ1) is 11.1. The Bertz CT molecular complexity index is 861. The highest BCUT2D eigenvalue weighted by atomic mass is 32.1. The molecule has 116 valence electrons. The average Bonchev–Trinajstić information content (AvgIpc) is 3.01. The number of Topliss-reactive ketones (excluding diaryl/α,β-unsaturated/α-hetero) is 1. The molecule has 0 unspecified atom stereocenters. The number of fused-ring (bicyclic) bond motifs is 1. The summed E-state index contributed by atoms with van der Waals surface area (Å²) in [5.74, 6) is 0.00301. The Kier molecular flexibility index (Phi) is 4.53. The summed E-state index contributed by atoms with van der Waals surface area (Å²) in [6.45, 7) is 2.04. The van der Waals surface area contributed by atoms with E-state index in [2.05, 4.69) is 23.5 Å². The predicted molar refractivity (Wildman–Crippen MR) is 93.8 cm³/mol. The van der Waals surface area contributed by atoms with Crippen LogP contribution in [0.25, 0.3) is 10.8 Å². The molecule has 0 radical (unpaired) electrons. The Morgan fingerprint density at radius 2 is 1.87 bits per heavy atom. The van der Waals surface area contributed by atoms with Crippen molar-refractivity contribution in [1.29, 1.82) is 0 Å². The standard InChI is InChI=1S/C19H17NO2S/c1-13(21)18-9-14(12-23-18)10-19(22)20-11-16-7-4-6-15-5-2-3-8-17(15)16/h2-9,12H,10-11H2,1H3,(H,20,22). The molecule has 3 nitrogen and oxygen atoms in total. The summed E-state index contributed by atoms with van der Waals surface area (Å²) in [7, 11) is 0. The summed E-state index contributed by atoms with van der Waals surface area (Å²) >= 11 is 1.39. The van der Waals surface area contributed by atoms with Gasteiger partial charge in [0.1, 0.15) is 0 Å². The molecule has 0 atom stereocenters. The Balaban J connectivity index is 1.65. The second-order valence-electron chi connectivity index (χ2n) is 5.47. The van der Waals surface area contributed by atoms with Gasteiger partial charge in [-0.15, -0.1) is 11.3 Å². The molecule has 1 N–H and O–H groups in total. The monoisotopic (exact) mass is 323 g/mol. The summed E-state index contributed by atoms with van der Waals surface area (Å²) < 4.78 is 0. The first kappa shape index (κ1) is 15.4. The topological polar surface area (TPSA) is 46.2 Å². The van der Waals surface area contributed by atoms with E-state index in [9.17, 15) is 9.59 Å². The predicted octanol–water partition coefficient (Wildman–Crippen LogP) is 3.96. The second-order valence-corrected chi connectivity index (χ2v) is 6.38. The van der Waals surface area contributed by atoms with E-state index in [1.807, 2.05) is 29.6 Å². The van der Waals surface area contributed by atoms with Gasteiger partial charge in [0, 0.05) is 6.54 Å². The zero-order valence-corrected chi connectivity index (χ0v) is 13.7. The number of rotatable bonds is 5. The fourth-order valence-corrected chi connectivity index (χ4v) is 3.36. The van der Waals surface area contributed by atoms with Gasteiger partial charge in [0.25, 0.3) is 0 Å². The number of nitrogens with one attached hydrogen (secondary N) is 1. The molecule has 0 saturated carbocycles. The van der Waals surface area contributed by atoms with Crippen LogP contribution >= 0.6 is 11.3 Å². The van der Waals surface area contributed by atoms with Crippen molar-refractivity contribution in [2.75, 3.05) is 0 Å². The molecule has 0 spiro atoms. The normalized spacial score (nSPS) is 10.7. The van der Waals surface area contributed by atoms with Crippen molar-refractivity contribution in [3.8, 4) is 0 Å². The van der Waals surface area contributed by atoms with Gasteiger partial charge < -0.3 is 5.32 Å². The maximum atomic E-state index is 12.1. The zero-order valence-electron chi connectivity index (χ0n) is 12.8. The molecule has 0 aliphatic rings. The fraction of sp³-hybridized carbons (Fsp3) is 0.158. The van der Waals surface area contributed by atoms with E-state index < -0.39 is 0 Å². The number of benzene rings is 2. The molecule has 0 fully saturated rings. The fourth-order valence-electron chi connectivity index (χ4n) is 2.54. The van der Waals surface area contributed by atoms with Crippen molar-refractivity contribution in [3.05, 3.63) is 69.9 Å². The molecule has 2 aromatic carbocycles. The quantitative estimate of drug-likeness (QED) is 0.722. The van der Waals surface area contributed by atoms with Crippen LogP contribution in [-0.2, 0) is 17.8 Å². The molecule has 0 aliphatic carbocycles. The maximum absolute atomic E-state index is 12.1. The van der Waals surface area contributed by atoms with Crippen molar-refractivity contribution in [1.82, 2.24) is 5.32 Å². The molecule has 0 aliphatic heterocycles. The van der Waals surface area contributed by atoms with E-state index in [-0.39, 0.29) is 11.7 Å². The number of carbonyl (C=O) groups excluding carboxylic acids is 2. The molecule has 0 bridgehead atoms. The largest absolute Gasteiger partial charge is 0.352 e. The SMILES string of the molecule is CC(=O)c1cc(CC(=O)NCc2cccc3ccccc23)cs1. The number of amides is 1. The van der Waals surface area contributed by atoms with Gasteiger partial charge in [0.2, 0.25) is 5.91 Å². The molecule has 23 heavy (non-hydrogen) atoms. The summed E-state index contributed by atoms with van der Waals surface area (Å²) in [6.07, 6.45) is 0.300. The van der Waals surface area contributed by atoms with Crippen LogP contribution in [0.3, 0.4) is 0 Å².